The zero-order valence-corrected chi connectivity index (χ0v) is 17.2. The molecular formula is C20H23FN2O5S. The summed E-state index contributed by atoms with van der Waals surface area (Å²) in [7, 11) is -3.64. The van der Waals surface area contributed by atoms with Crippen LogP contribution in [0.2, 0.25) is 0 Å². The fraction of sp³-hybridized carbons (Fsp3) is 0.300. The number of nitrogens with one attached hydrogen (secondary N) is 1. The third kappa shape index (κ3) is 5.39. The Morgan fingerprint density at radius 3 is 2.21 bits per heavy atom. The highest BCUT2D eigenvalue weighted by molar-refractivity contribution is 7.89. The Hall–Kier alpha value is -2.78. The van der Waals surface area contributed by atoms with Crippen molar-refractivity contribution in [1.82, 2.24) is 4.31 Å². The summed E-state index contributed by atoms with van der Waals surface area (Å²) in [6.45, 7) is 5.49. The van der Waals surface area contributed by atoms with Crippen LogP contribution in [-0.2, 0) is 19.6 Å². The smallest absolute Gasteiger partial charge is 0.338 e. The lowest BCUT2D eigenvalue weighted by atomic mass is 10.2. The number of sulfonamides is 1. The molecule has 0 aromatic heterocycles. The first-order valence-corrected chi connectivity index (χ1v) is 10.5. The maximum absolute atomic E-state index is 13.6. The number of rotatable bonds is 8. The monoisotopic (exact) mass is 422 g/mol. The number of carbonyl (C=O) groups is 2. The van der Waals surface area contributed by atoms with Crippen LogP contribution in [0.1, 0.15) is 31.1 Å². The van der Waals surface area contributed by atoms with Gasteiger partial charge in [-0.25, -0.2) is 17.6 Å². The molecule has 1 N–H and O–H groups in total. The van der Waals surface area contributed by atoms with E-state index >= 15 is 0 Å². The Labute approximate surface area is 169 Å². The number of para-hydroxylation sites is 1. The first kappa shape index (κ1) is 22.5. The SMILES string of the molecule is CCN(CC)S(=O)(=O)c1ccc(C(=O)OC(C)C(=O)Nc2ccccc2F)cc1. The quantitative estimate of drug-likeness (QED) is 0.660. The van der Waals surface area contributed by atoms with Gasteiger partial charge in [0, 0.05) is 13.1 Å². The van der Waals surface area contributed by atoms with Gasteiger partial charge in [0.25, 0.3) is 5.91 Å². The van der Waals surface area contributed by atoms with E-state index in [0.29, 0.717) is 13.1 Å². The highest BCUT2D eigenvalue weighted by atomic mass is 32.2. The van der Waals surface area contributed by atoms with Crippen LogP contribution in [0, 0.1) is 5.82 Å². The largest absolute Gasteiger partial charge is 0.449 e. The van der Waals surface area contributed by atoms with Gasteiger partial charge in [0.05, 0.1) is 16.1 Å². The predicted octanol–water partition coefficient (Wildman–Crippen LogP) is 3.04. The number of halogens is 1. The maximum Gasteiger partial charge on any atom is 0.338 e. The van der Waals surface area contributed by atoms with Crippen molar-refractivity contribution < 1.29 is 27.1 Å². The number of hydrogen-bond acceptors (Lipinski definition) is 5. The van der Waals surface area contributed by atoms with Gasteiger partial charge in [-0.3, -0.25) is 4.79 Å². The Balaban J connectivity index is 2.05. The summed E-state index contributed by atoms with van der Waals surface area (Å²) in [4.78, 5) is 24.4. The van der Waals surface area contributed by atoms with Crippen molar-refractivity contribution in [3.63, 3.8) is 0 Å². The fourth-order valence-electron chi connectivity index (χ4n) is 2.55. The van der Waals surface area contributed by atoms with Crippen molar-refractivity contribution in [1.29, 1.82) is 0 Å². The molecule has 0 saturated heterocycles. The van der Waals surface area contributed by atoms with Crippen LogP contribution in [0.15, 0.2) is 53.4 Å². The van der Waals surface area contributed by atoms with Crippen molar-refractivity contribution >= 4 is 27.6 Å². The molecule has 1 unspecified atom stereocenters. The minimum absolute atomic E-state index is 0.0219. The lowest BCUT2D eigenvalue weighted by Crippen LogP contribution is -2.31. The van der Waals surface area contributed by atoms with Gasteiger partial charge in [-0.2, -0.15) is 4.31 Å². The first-order chi connectivity index (χ1) is 13.7. The third-order valence-corrected chi connectivity index (χ3v) is 6.28. The van der Waals surface area contributed by atoms with Gasteiger partial charge >= 0.3 is 5.97 Å². The van der Waals surface area contributed by atoms with Crippen LogP contribution < -0.4 is 5.32 Å². The van der Waals surface area contributed by atoms with E-state index in [1.54, 1.807) is 19.9 Å². The normalized spacial score (nSPS) is 12.4. The van der Waals surface area contributed by atoms with Gasteiger partial charge < -0.3 is 10.1 Å². The predicted molar refractivity (Wildman–Crippen MR) is 106 cm³/mol. The molecule has 0 bridgehead atoms. The standard InChI is InChI=1S/C20H23FN2O5S/c1-4-23(5-2)29(26,27)16-12-10-15(11-13-16)20(25)28-14(3)19(24)22-18-9-7-6-8-17(18)21/h6-14H,4-5H2,1-3H3,(H,22,24). The average molecular weight is 422 g/mol. The van der Waals surface area contributed by atoms with Crippen LogP contribution >= 0.6 is 0 Å². The van der Waals surface area contributed by atoms with E-state index < -0.39 is 33.8 Å². The van der Waals surface area contributed by atoms with Crippen LogP contribution in [0.4, 0.5) is 10.1 Å². The van der Waals surface area contributed by atoms with Crippen molar-refractivity contribution in [3.8, 4) is 0 Å². The summed E-state index contributed by atoms with van der Waals surface area (Å²) in [6.07, 6.45) is -1.18. The Morgan fingerprint density at radius 2 is 1.66 bits per heavy atom. The number of anilines is 1. The molecule has 29 heavy (non-hydrogen) atoms. The lowest BCUT2D eigenvalue weighted by molar-refractivity contribution is -0.123. The molecule has 0 radical (unpaired) electrons. The second-order valence-electron chi connectivity index (χ2n) is 6.13. The highest BCUT2D eigenvalue weighted by Gasteiger charge is 2.23. The summed E-state index contributed by atoms with van der Waals surface area (Å²) in [5, 5.41) is 2.35. The zero-order valence-electron chi connectivity index (χ0n) is 16.4. The van der Waals surface area contributed by atoms with Gasteiger partial charge in [-0.1, -0.05) is 26.0 Å². The molecule has 0 aliphatic heterocycles. The molecule has 9 heteroatoms. The average Bonchev–Trinajstić information content (AvgIpc) is 2.70. The van der Waals surface area contributed by atoms with E-state index in [4.69, 9.17) is 4.74 Å². The van der Waals surface area contributed by atoms with Gasteiger partial charge in [-0.15, -0.1) is 0 Å². The second kappa shape index (κ2) is 9.62. The molecule has 1 amide bonds. The molecule has 2 aromatic carbocycles. The minimum atomic E-state index is -3.64. The Kier molecular flexibility index (Phi) is 7.46. The zero-order chi connectivity index (χ0) is 21.6. The van der Waals surface area contributed by atoms with Crippen molar-refractivity contribution in [3.05, 3.63) is 59.9 Å². The molecule has 0 saturated carbocycles. The lowest BCUT2D eigenvalue weighted by Gasteiger charge is -2.18. The summed E-state index contributed by atoms with van der Waals surface area (Å²) in [5.74, 6) is -2.10. The van der Waals surface area contributed by atoms with E-state index in [9.17, 15) is 22.4 Å². The molecule has 2 aromatic rings. The number of carbonyl (C=O) groups excluding carboxylic acids is 2. The molecule has 2 rings (SSSR count). The van der Waals surface area contributed by atoms with E-state index in [0.717, 1.165) is 0 Å². The van der Waals surface area contributed by atoms with Crippen LogP contribution in [0.5, 0.6) is 0 Å². The van der Waals surface area contributed by atoms with E-state index in [1.807, 2.05) is 0 Å². The molecule has 0 fully saturated rings. The van der Waals surface area contributed by atoms with Crippen LogP contribution in [0.25, 0.3) is 0 Å². The first-order valence-electron chi connectivity index (χ1n) is 9.07. The summed E-state index contributed by atoms with van der Waals surface area (Å²) in [6, 6.07) is 10.9. The Morgan fingerprint density at radius 1 is 1.07 bits per heavy atom. The van der Waals surface area contributed by atoms with Crippen molar-refractivity contribution in [2.24, 2.45) is 0 Å². The molecule has 0 heterocycles. The topological polar surface area (TPSA) is 92.8 Å². The van der Waals surface area contributed by atoms with Gasteiger partial charge in [0.2, 0.25) is 10.0 Å². The number of ether oxygens (including phenoxy) is 1. The molecule has 0 aliphatic rings. The van der Waals surface area contributed by atoms with Gasteiger partial charge in [0.15, 0.2) is 6.10 Å². The molecule has 156 valence electrons. The van der Waals surface area contributed by atoms with Crippen LogP contribution in [0.3, 0.4) is 0 Å². The van der Waals surface area contributed by atoms with Gasteiger partial charge in [0.1, 0.15) is 5.82 Å². The van der Waals surface area contributed by atoms with Crippen LogP contribution in [-0.4, -0.2) is 43.8 Å². The number of amides is 1. The molecule has 0 aliphatic carbocycles. The van der Waals surface area contributed by atoms with E-state index in [2.05, 4.69) is 5.32 Å². The number of esters is 1. The Bertz CT molecular complexity index is 973. The summed E-state index contributed by atoms with van der Waals surface area (Å²) in [5.41, 5.74) is 0.0698. The highest BCUT2D eigenvalue weighted by Crippen LogP contribution is 2.17. The summed E-state index contributed by atoms with van der Waals surface area (Å²) >= 11 is 0. The van der Waals surface area contributed by atoms with Gasteiger partial charge in [-0.05, 0) is 43.3 Å². The maximum atomic E-state index is 13.6. The molecule has 0 spiro atoms. The fourth-order valence-corrected chi connectivity index (χ4v) is 4.01. The third-order valence-electron chi connectivity index (χ3n) is 4.22. The summed E-state index contributed by atoms with van der Waals surface area (Å²) < 4.78 is 44.9. The number of nitrogens with zero attached hydrogens (tertiary/aromatic N) is 1. The molecule has 1 atom stereocenters. The van der Waals surface area contributed by atoms with Crippen molar-refractivity contribution in [2.45, 2.75) is 31.8 Å². The number of benzene rings is 2. The second-order valence-corrected chi connectivity index (χ2v) is 8.07. The molecule has 7 nitrogen and oxygen atoms in total. The van der Waals surface area contributed by atoms with Crippen molar-refractivity contribution in [2.75, 3.05) is 18.4 Å². The molecular weight excluding hydrogens is 399 g/mol. The van der Waals surface area contributed by atoms with E-state index in [1.165, 1.54) is 53.7 Å². The minimum Gasteiger partial charge on any atom is -0.449 e. The number of hydrogen-bond donors (Lipinski definition) is 1. The van der Waals surface area contributed by atoms with E-state index in [-0.39, 0.29) is 16.1 Å².